The van der Waals surface area contributed by atoms with Gasteiger partial charge in [0.15, 0.2) is 0 Å². The van der Waals surface area contributed by atoms with E-state index in [1.807, 2.05) is 0 Å². The molecule has 0 aliphatic carbocycles. The summed E-state index contributed by atoms with van der Waals surface area (Å²) < 4.78 is 42.2. The number of primary amides is 1. The van der Waals surface area contributed by atoms with Crippen molar-refractivity contribution in [3.05, 3.63) is 0 Å². The normalized spacial score (nSPS) is 18.9. The third kappa shape index (κ3) is 5.65. The van der Waals surface area contributed by atoms with Crippen molar-refractivity contribution >= 4 is 55.6 Å². The second-order valence-corrected chi connectivity index (χ2v) is 5.61. The lowest BCUT2D eigenvalue weighted by atomic mass is 10.1. The van der Waals surface area contributed by atoms with Crippen LogP contribution in [0.15, 0.2) is 0 Å². The van der Waals surface area contributed by atoms with Crippen LogP contribution in [0, 0.1) is 0 Å². The molecule has 0 aliphatic heterocycles. The molecule has 134 valence electrons. The van der Waals surface area contributed by atoms with Gasteiger partial charge in [-0.1, -0.05) is 0 Å². The first-order valence-corrected chi connectivity index (χ1v) is 7.91. The predicted octanol–water partition coefficient (Wildman–Crippen LogP) is -1.16. The molecule has 0 rings (SSSR count). The largest absolute Gasteiger partial charge is 0.365 e. The number of thiol groups is 3. The average Bonchev–Trinajstić information content (AvgIpc) is 2.46. The first-order valence-electron chi connectivity index (χ1n) is 6.02. The van der Waals surface area contributed by atoms with E-state index in [2.05, 4.69) is 37.9 Å². The molecule has 7 nitrogen and oxygen atoms in total. The quantitative estimate of drug-likeness (QED) is 0.197. The van der Waals surface area contributed by atoms with Crippen molar-refractivity contribution in [2.24, 2.45) is 11.5 Å². The first-order chi connectivity index (χ1) is 10.4. The molecule has 3 atom stereocenters. The SMILES string of the molecule is NC(=O)[C@@](F)(CS)NC(=O)C(F)(CCS)NC(=O)[C@@](N)(F)CS. The Morgan fingerprint density at radius 1 is 0.913 bits per heavy atom. The highest BCUT2D eigenvalue weighted by Gasteiger charge is 2.48. The van der Waals surface area contributed by atoms with Gasteiger partial charge in [-0.2, -0.15) is 37.9 Å². The van der Waals surface area contributed by atoms with E-state index in [-0.39, 0.29) is 5.75 Å². The number of hydrogen-bond donors (Lipinski definition) is 7. The molecule has 0 heterocycles. The van der Waals surface area contributed by atoms with Gasteiger partial charge in [-0.25, -0.2) is 13.2 Å². The number of nitrogens with two attached hydrogens (primary N) is 2. The van der Waals surface area contributed by atoms with Crippen LogP contribution in [0.1, 0.15) is 6.42 Å². The highest BCUT2D eigenvalue weighted by atomic mass is 32.1. The van der Waals surface area contributed by atoms with Crippen LogP contribution < -0.4 is 22.1 Å². The van der Waals surface area contributed by atoms with E-state index in [4.69, 9.17) is 11.5 Å². The molecular formula is C10H17F3N4O3S3. The minimum Gasteiger partial charge on any atom is -0.365 e. The zero-order chi connectivity index (χ0) is 18.5. The fourth-order valence-corrected chi connectivity index (χ4v) is 1.89. The van der Waals surface area contributed by atoms with Crippen LogP contribution >= 0.6 is 37.9 Å². The molecule has 0 aliphatic rings. The van der Waals surface area contributed by atoms with Crippen molar-refractivity contribution in [1.82, 2.24) is 10.6 Å². The summed E-state index contributed by atoms with van der Waals surface area (Å²) in [7, 11) is 0. The molecule has 0 saturated heterocycles. The molecule has 0 aromatic heterocycles. The van der Waals surface area contributed by atoms with Gasteiger partial charge in [0.2, 0.25) is 5.79 Å². The van der Waals surface area contributed by atoms with Gasteiger partial charge >= 0.3 is 0 Å². The maximum absolute atomic E-state index is 14.6. The van der Waals surface area contributed by atoms with Gasteiger partial charge in [0.05, 0.1) is 5.75 Å². The average molecular weight is 394 g/mol. The Kier molecular flexibility index (Phi) is 8.06. The van der Waals surface area contributed by atoms with Crippen LogP contribution in [0.25, 0.3) is 0 Å². The van der Waals surface area contributed by atoms with Crippen molar-refractivity contribution < 1.29 is 27.6 Å². The topological polar surface area (TPSA) is 127 Å². The van der Waals surface area contributed by atoms with Gasteiger partial charge in [-0.15, -0.1) is 0 Å². The smallest absolute Gasteiger partial charge is 0.281 e. The number of nitrogens with one attached hydrogen (secondary N) is 2. The zero-order valence-corrected chi connectivity index (χ0v) is 14.4. The molecular weight excluding hydrogens is 377 g/mol. The Balaban J connectivity index is 5.40. The molecule has 1 unspecified atom stereocenters. The molecule has 13 heteroatoms. The van der Waals surface area contributed by atoms with Crippen molar-refractivity contribution in [3.8, 4) is 0 Å². The van der Waals surface area contributed by atoms with Crippen molar-refractivity contribution in [1.29, 1.82) is 0 Å². The lowest BCUT2D eigenvalue weighted by molar-refractivity contribution is -0.150. The molecule has 0 fully saturated rings. The summed E-state index contributed by atoms with van der Waals surface area (Å²) in [6, 6.07) is 0. The molecule has 3 amide bonds. The number of amides is 3. The van der Waals surface area contributed by atoms with Gasteiger partial charge < -0.3 is 16.4 Å². The summed E-state index contributed by atoms with van der Waals surface area (Å²) in [5, 5.41) is 2.79. The molecule has 0 aromatic carbocycles. The monoisotopic (exact) mass is 394 g/mol. The summed E-state index contributed by atoms with van der Waals surface area (Å²) in [5.41, 5.74) is 9.68. The van der Waals surface area contributed by atoms with Gasteiger partial charge in [-0.3, -0.25) is 20.1 Å². The lowest BCUT2D eigenvalue weighted by Crippen LogP contribution is -2.66. The second kappa shape index (κ2) is 8.35. The zero-order valence-electron chi connectivity index (χ0n) is 11.7. The van der Waals surface area contributed by atoms with Gasteiger partial charge in [0.25, 0.3) is 29.3 Å². The lowest BCUT2D eigenvalue weighted by Gasteiger charge is -2.30. The molecule has 0 aromatic rings. The number of carbonyl (C=O) groups is 3. The third-order valence-corrected chi connectivity index (χ3v) is 3.78. The minimum absolute atomic E-state index is 0.286. The van der Waals surface area contributed by atoms with Crippen LogP contribution in [0.2, 0.25) is 0 Å². The van der Waals surface area contributed by atoms with Gasteiger partial charge in [-0.05, 0) is 5.75 Å². The van der Waals surface area contributed by atoms with E-state index in [0.717, 1.165) is 0 Å². The van der Waals surface area contributed by atoms with Crippen LogP contribution in [-0.2, 0) is 14.4 Å². The number of halogens is 3. The molecule has 23 heavy (non-hydrogen) atoms. The van der Waals surface area contributed by atoms with Crippen LogP contribution in [-0.4, -0.2) is 52.4 Å². The van der Waals surface area contributed by atoms with E-state index >= 15 is 0 Å². The van der Waals surface area contributed by atoms with Crippen LogP contribution in [0.3, 0.4) is 0 Å². The van der Waals surface area contributed by atoms with Crippen molar-refractivity contribution in [3.63, 3.8) is 0 Å². The predicted molar refractivity (Wildman–Crippen MR) is 87.4 cm³/mol. The van der Waals surface area contributed by atoms with Crippen LogP contribution in [0.4, 0.5) is 13.2 Å². The number of rotatable bonds is 9. The fourth-order valence-electron chi connectivity index (χ4n) is 1.20. The molecule has 0 bridgehead atoms. The second-order valence-electron chi connectivity index (χ2n) is 4.53. The minimum atomic E-state index is -3.28. The Morgan fingerprint density at radius 2 is 1.39 bits per heavy atom. The number of alkyl halides is 3. The van der Waals surface area contributed by atoms with E-state index in [9.17, 15) is 27.6 Å². The van der Waals surface area contributed by atoms with E-state index in [1.165, 1.54) is 10.6 Å². The summed E-state index contributed by atoms with van der Waals surface area (Å²) in [6.07, 6.45) is -0.766. The molecule has 0 saturated carbocycles. The summed E-state index contributed by atoms with van der Waals surface area (Å²) in [4.78, 5) is 34.4. The standard InChI is InChI=1S/C10H17F3N4O3S3/c11-8(15,3-22)6(19)16-9(12,1-2-21)7(20)17-10(13,4-23)5(14)18/h21-23H,1-4,15H2,(H2,14,18)(H,16,19)(H,17,20)/t8-,9?,10-/m1/s1. The Bertz CT molecular complexity index is 486. The summed E-state index contributed by atoms with van der Waals surface area (Å²) in [5.74, 6) is -16.6. The van der Waals surface area contributed by atoms with E-state index in [0.29, 0.717) is 0 Å². The number of carbonyl (C=O) groups excluding carboxylic acids is 3. The van der Waals surface area contributed by atoms with Crippen LogP contribution in [0.5, 0.6) is 0 Å². The molecule has 6 N–H and O–H groups in total. The Morgan fingerprint density at radius 3 is 1.74 bits per heavy atom. The van der Waals surface area contributed by atoms with Crippen molar-refractivity contribution in [2.75, 3.05) is 17.3 Å². The van der Waals surface area contributed by atoms with Gasteiger partial charge in [0, 0.05) is 12.2 Å². The number of hydrogen-bond acceptors (Lipinski definition) is 7. The Hall–Kier alpha value is -0.790. The highest BCUT2D eigenvalue weighted by Crippen LogP contribution is 2.19. The Labute approximate surface area is 146 Å². The van der Waals surface area contributed by atoms with Crippen molar-refractivity contribution in [2.45, 2.75) is 23.8 Å². The maximum atomic E-state index is 14.6. The highest BCUT2D eigenvalue weighted by molar-refractivity contribution is 7.80. The maximum Gasteiger partial charge on any atom is 0.281 e. The van der Waals surface area contributed by atoms with Gasteiger partial charge in [0.1, 0.15) is 0 Å². The molecule has 0 radical (unpaired) electrons. The third-order valence-electron chi connectivity index (χ3n) is 2.66. The van der Waals surface area contributed by atoms with E-state index < -0.39 is 53.0 Å². The first kappa shape index (κ1) is 22.2. The fraction of sp³-hybridized carbons (Fsp3) is 0.700. The van der Waals surface area contributed by atoms with E-state index in [1.54, 1.807) is 0 Å². The summed E-state index contributed by atoms with van der Waals surface area (Å²) >= 11 is 10.7. The summed E-state index contributed by atoms with van der Waals surface area (Å²) in [6.45, 7) is 0. The molecule has 0 spiro atoms.